The van der Waals surface area contributed by atoms with Crippen molar-refractivity contribution in [2.45, 2.75) is 25.3 Å². The van der Waals surface area contributed by atoms with E-state index in [0.717, 1.165) is 0 Å². The van der Waals surface area contributed by atoms with E-state index in [2.05, 4.69) is 5.32 Å². The molecular weight excluding hydrogens is 351 g/mol. The second-order valence-corrected chi connectivity index (χ2v) is 6.34. The molecule has 0 saturated carbocycles. The summed E-state index contributed by atoms with van der Waals surface area (Å²) in [5.41, 5.74) is 0.616. The van der Waals surface area contributed by atoms with Crippen LogP contribution in [0.2, 0.25) is 0 Å². The molecule has 1 fully saturated rings. The molecule has 2 amide bonds. The van der Waals surface area contributed by atoms with E-state index in [1.54, 1.807) is 30.3 Å². The summed E-state index contributed by atoms with van der Waals surface area (Å²) in [4.78, 5) is 37.6. The minimum absolute atomic E-state index is 0.0515. The molecule has 0 spiro atoms. The lowest BCUT2D eigenvalue weighted by atomic mass is 10.0. The number of nitrogens with zero attached hydrogens (tertiary/aromatic N) is 1. The highest BCUT2D eigenvalue weighted by Crippen LogP contribution is 2.24. The van der Waals surface area contributed by atoms with Gasteiger partial charge in [0.15, 0.2) is 0 Å². The number of carbonyl (C=O) groups excluding carboxylic acids is 2. The Hall–Kier alpha value is -3.22. The van der Waals surface area contributed by atoms with Crippen LogP contribution in [-0.2, 0) is 16.0 Å². The van der Waals surface area contributed by atoms with Crippen molar-refractivity contribution in [1.29, 1.82) is 0 Å². The van der Waals surface area contributed by atoms with E-state index >= 15 is 0 Å². The number of carboxylic acid groups (broad SMARTS) is 1. The number of amides is 2. The zero-order chi connectivity index (χ0) is 19.4. The largest absolute Gasteiger partial charge is 0.478 e. The summed E-state index contributed by atoms with van der Waals surface area (Å²) in [6.07, 6.45) is 0.929. The third-order valence-electron chi connectivity index (χ3n) is 4.52. The topological polar surface area (TPSA) is 86.7 Å². The first-order valence-electron chi connectivity index (χ1n) is 8.64. The molecule has 2 N–H and O–H groups in total. The first kappa shape index (κ1) is 18.6. The number of aromatic carboxylic acids is 1. The van der Waals surface area contributed by atoms with Gasteiger partial charge in [-0.3, -0.25) is 9.59 Å². The number of para-hydroxylation sites is 1. The summed E-state index contributed by atoms with van der Waals surface area (Å²) in [6, 6.07) is 11.5. The van der Waals surface area contributed by atoms with Gasteiger partial charge in [-0.25, -0.2) is 9.18 Å². The van der Waals surface area contributed by atoms with E-state index in [0.29, 0.717) is 24.9 Å². The third-order valence-corrected chi connectivity index (χ3v) is 4.52. The molecule has 6 nitrogen and oxygen atoms in total. The smallest absolute Gasteiger partial charge is 0.335 e. The van der Waals surface area contributed by atoms with Gasteiger partial charge in [0.25, 0.3) is 0 Å². The molecule has 1 aliphatic heterocycles. The molecule has 0 bridgehead atoms. The number of nitrogens with one attached hydrogen (secondary N) is 1. The Balaban J connectivity index is 1.70. The molecule has 27 heavy (non-hydrogen) atoms. The van der Waals surface area contributed by atoms with E-state index in [1.807, 2.05) is 0 Å². The summed E-state index contributed by atoms with van der Waals surface area (Å²) < 4.78 is 14.0. The molecule has 7 heteroatoms. The van der Waals surface area contributed by atoms with Crippen LogP contribution in [0.15, 0.2) is 48.5 Å². The Morgan fingerprint density at radius 3 is 2.59 bits per heavy atom. The van der Waals surface area contributed by atoms with Crippen LogP contribution in [0.1, 0.15) is 28.8 Å². The van der Waals surface area contributed by atoms with E-state index < -0.39 is 23.7 Å². The van der Waals surface area contributed by atoms with Crippen molar-refractivity contribution in [1.82, 2.24) is 5.32 Å². The quantitative estimate of drug-likeness (QED) is 0.846. The van der Waals surface area contributed by atoms with Crippen molar-refractivity contribution in [2.24, 2.45) is 0 Å². The van der Waals surface area contributed by atoms with Crippen molar-refractivity contribution in [3.05, 3.63) is 65.5 Å². The van der Waals surface area contributed by atoms with Gasteiger partial charge in [0, 0.05) is 6.54 Å². The molecule has 1 aliphatic rings. The molecule has 0 radical (unpaired) electrons. The zero-order valence-corrected chi connectivity index (χ0v) is 14.5. The number of hydrogen-bond donors (Lipinski definition) is 2. The van der Waals surface area contributed by atoms with Crippen LogP contribution in [0.4, 0.5) is 10.1 Å². The van der Waals surface area contributed by atoms with Crippen molar-refractivity contribution in [3.63, 3.8) is 0 Å². The number of carboxylic acids is 1. The van der Waals surface area contributed by atoms with E-state index in [9.17, 15) is 23.9 Å². The maximum atomic E-state index is 14.0. The fourth-order valence-corrected chi connectivity index (χ4v) is 3.22. The van der Waals surface area contributed by atoms with Crippen LogP contribution in [0.5, 0.6) is 0 Å². The average molecular weight is 370 g/mol. The summed E-state index contributed by atoms with van der Waals surface area (Å²) in [6.45, 7) is 0.383. The Morgan fingerprint density at radius 2 is 1.85 bits per heavy atom. The van der Waals surface area contributed by atoms with Gasteiger partial charge >= 0.3 is 5.97 Å². The second-order valence-electron chi connectivity index (χ2n) is 6.34. The monoisotopic (exact) mass is 370 g/mol. The normalized spacial score (nSPS) is 16.9. The Labute approximate surface area is 155 Å². The highest BCUT2D eigenvalue weighted by atomic mass is 19.1. The molecule has 140 valence electrons. The van der Waals surface area contributed by atoms with Crippen molar-refractivity contribution >= 4 is 23.5 Å². The molecule has 0 aromatic heterocycles. The molecule has 2 aromatic rings. The highest BCUT2D eigenvalue weighted by molar-refractivity contribution is 6.00. The van der Waals surface area contributed by atoms with Crippen LogP contribution in [0.25, 0.3) is 0 Å². The number of piperidine rings is 1. The van der Waals surface area contributed by atoms with Crippen LogP contribution in [-0.4, -0.2) is 35.5 Å². The minimum Gasteiger partial charge on any atom is -0.478 e. The Kier molecular flexibility index (Phi) is 5.49. The summed E-state index contributed by atoms with van der Waals surface area (Å²) >= 11 is 0. The van der Waals surface area contributed by atoms with Gasteiger partial charge in [-0.15, -0.1) is 0 Å². The number of anilines is 1. The van der Waals surface area contributed by atoms with Crippen LogP contribution in [0, 0.1) is 5.82 Å². The standard InChI is InChI=1S/C20H19FN2O4/c21-15-8-3-4-10-17(15)23-11-5-9-16(19(23)25)22-18(24)12-13-6-1-2-7-14(13)20(26)27/h1-4,6-8,10,16H,5,9,11-12H2,(H,22,24)(H,26,27). The van der Waals surface area contributed by atoms with Gasteiger partial charge in [-0.05, 0) is 36.6 Å². The van der Waals surface area contributed by atoms with Crippen LogP contribution >= 0.6 is 0 Å². The number of halogens is 1. The molecule has 1 atom stereocenters. The summed E-state index contributed by atoms with van der Waals surface area (Å²) in [7, 11) is 0. The Morgan fingerprint density at radius 1 is 1.15 bits per heavy atom. The highest BCUT2D eigenvalue weighted by Gasteiger charge is 2.32. The van der Waals surface area contributed by atoms with Crippen molar-refractivity contribution < 1.29 is 23.9 Å². The molecule has 1 heterocycles. The SMILES string of the molecule is O=C(Cc1ccccc1C(=O)O)NC1CCCN(c2ccccc2F)C1=O. The van der Waals surface area contributed by atoms with Gasteiger partial charge < -0.3 is 15.3 Å². The number of rotatable bonds is 5. The summed E-state index contributed by atoms with van der Waals surface area (Å²) in [5, 5.41) is 11.9. The van der Waals surface area contributed by atoms with E-state index in [4.69, 9.17) is 0 Å². The first-order valence-corrected chi connectivity index (χ1v) is 8.64. The minimum atomic E-state index is -1.11. The summed E-state index contributed by atoms with van der Waals surface area (Å²) in [5.74, 6) is -2.42. The first-order chi connectivity index (χ1) is 13.0. The molecular formula is C20H19FN2O4. The number of carbonyl (C=O) groups is 3. The maximum Gasteiger partial charge on any atom is 0.335 e. The van der Waals surface area contributed by atoms with Crippen LogP contribution in [0.3, 0.4) is 0 Å². The zero-order valence-electron chi connectivity index (χ0n) is 14.5. The van der Waals surface area contributed by atoms with Gasteiger partial charge in [0.1, 0.15) is 11.9 Å². The van der Waals surface area contributed by atoms with Crippen LogP contribution < -0.4 is 10.2 Å². The fraction of sp³-hybridized carbons (Fsp3) is 0.250. The van der Waals surface area contributed by atoms with E-state index in [-0.39, 0.29) is 23.6 Å². The molecule has 1 unspecified atom stereocenters. The predicted octanol–water partition coefficient (Wildman–Crippen LogP) is 2.38. The lowest BCUT2D eigenvalue weighted by molar-refractivity contribution is -0.128. The van der Waals surface area contributed by atoms with Gasteiger partial charge in [-0.1, -0.05) is 30.3 Å². The van der Waals surface area contributed by atoms with Gasteiger partial charge in [0.2, 0.25) is 11.8 Å². The Bertz CT molecular complexity index is 884. The van der Waals surface area contributed by atoms with E-state index in [1.165, 1.54) is 23.1 Å². The van der Waals surface area contributed by atoms with Crippen molar-refractivity contribution in [3.8, 4) is 0 Å². The van der Waals surface area contributed by atoms with Crippen molar-refractivity contribution in [2.75, 3.05) is 11.4 Å². The second kappa shape index (κ2) is 7.99. The predicted molar refractivity (Wildman–Crippen MR) is 97.0 cm³/mol. The maximum absolute atomic E-state index is 14.0. The number of benzene rings is 2. The molecule has 0 aliphatic carbocycles. The lowest BCUT2D eigenvalue weighted by Gasteiger charge is -2.32. The van der Waals surface area contributed by atoms with Gasteiger partial charge in [0.05, 0.1) is 17.7 Å². The fourth-order valence-electron chi connectivity index (χ4n) is 3.22. The molecule has 1 saturated heterocycles. The number of hydrogen-bond acceptors (Lipinski definition) is 3. The van der Waals surface area contributed by atoms with Gasteiger partial charge in [-0.2, -0.15) is 0 Å². The molecule has 2 aromatic carbocycles. The average Bonchev–Trinajstić information content (AvgIpc) is 2.64. The molecule has 3 rings (SSSR count). The third kappa shape index (κ3) is 4.13. The lowest BCUT2D eigenvalue weighted by Crippen LogP contribution is -2.53.